The lowest BCUT2D eigenvalue weighted by Gasteiger charge is -2.26. The Morgan fingerprint density at radius 1 is 1.33 bits per heavy atom. The number of rotatable bonds is 9. The zero-order valence-corrected chi connectivity index (χ0v) is 15.7. The molecule has 0 unspecified atom stereocenters. The lowest BCUT2D eigenvalue weighted by Crippen LogP contribution is -2.45. The highest BCUT2D eigenvalue weighted by Crippen LogP contribution is 2.18. The summed E-state index contributed by atoms with van der Waals surface area (Å²) in [6.07, 6.45) is -3.23. The number of aromatic amines is 1. The van der Waals surface area contributed by atoms with Gasteiger partial charge in [-0.15, -0.1) is 0 Å². The first-order valence-corrected chi connectivity index (χ1v) is 8.67. The van der Waals surface area contributed by atoms with Crippen molar-refractivity contribution in [2.45, 2.75) is 46.3 Å². The molecular weight excluding hydrogens is 367 g/mol. The molecule has 0 bridgehead atoms. The first-order valence-electron chi connectivity index (χ1n) is 8.67. The van der Waals surface area contributed by atoms with Gasteiger partial charge in [-0.25, -0.2) is 4.79 Å². The lowest BCUT2D eigenvalue weighted by atomic mass is 10.2. The van der Waals surface area contributed by atoms with Crippen LogP contribution >= 0.6 is 0 Å². The molecule has 11 heteroatoms. The fraction of sp³-hybridized carbons (Fsp3) is 0.688. The van der Waals surface area contributed by atoms with Crippen molar-refractivity contribution < 1.29 is 18.0 Å². The first-order chi connectivity index (χ1) is 12.5. The highest BCUT2D eigenvalue weighted by molar-refractivity contribution is 5.82. The van der Waals surface area contributed by atoms with Crippen molar-refractivity contribution in [2.24, 2.45) is 5.92 Å². The van der Waals surface area contributed by atoms with Crippen molar-refractivity contribution in [2.75, 3.05) is 30.3 Å². The van der Waals surface area contributed by atoms with Crippen molar-refractivity contribution in [1.82, 2.24) is 14.9 Å². The average molecular weight is 393 g/mol. The number of nitrogen functional groups attached to an aromatic ring is 1. The SMILES string of the molecule is CCCCN(CC(=O)NCC(F)(F)F)c1c(N)n(CC(C)C)c(=O)[nH]c1=O. The van der Waals surface area contributed by atoms with Gasteiger partial charge >= 0.3 is 11.9 Å². The number of carbonyl (C=O) groups excluding carboxylic acids is 1. The number of halogens is 3. The summed E-state index contributed by atoms with van der Waals surface area (Å²) in [7, 11) is 0. The highest BCUT2D eigenvalue weighted by atomic mass is 19.4. The molecule has 1 amide bonds. The van der Waals surface area contributed by atoms with Crippen molar-refractivity contribution in [1.29, 1.82) is 0 Å². The first kappa shape index (κ1) is 22.6. The third-order valence-electron chi connectivity index (χ3n) is 3.68. The molecular formula is C16H26F3N5O3. The van der Waals surface area contributed by atoms with E-state index in [-0.39, 0.29) is 30.5 Å². The standard InChI is InChI=1S/C16H26F3N5O3/c1-4-5-6-23(8-11(25)21-9-16(17,18)19)12-13(20)24(7-10(2)3)15(27)22-14(12)26/h10H,4-9,20H2,1-3H3,(H,21,25)(H,22,26,27). The third kappa shape index (κ3) is 6.99. The number of unbranched alkanes of at least 4 members (excludes halogenated alkanes) is 1. The molecule has 1 aromatic rings. The Hall–Kier alpha value is -2.46. The van der Waals surface area contributed by atoms with Crippen LogP contribution in [0.2, 0.25) is 0 Å². The molecule has 0 atom stereocenters. The van der Waals surface area contributed by atoms with Gasteiger partial charge in [0.1, 0.15) is 18.1 Å². The fourth-order valence-electron chi connectivity index (χ4n) is 2.48. The van der Waals surface area contributed by atoms with E-state index in [0.29, 0.717) is 6.42 Å². The van der Waals surface area contributed by atoms with Gasteiger partial charge in [0.25, 0.3) is 5.56 Å². The number of nitrogens with zero attached hydrogens (tertiary/aromatic N) is 2. The van der Waals surface area contributed by atoms with Crippen LogP contribution in [0.5, 0.6) is 0 Å². The molecule has 0 aliphatic heterocycles. The Labute approximate surface area is 154 Å². The van der Waals surface area contributed by atoms with Crippen molar-refractivity contribution >= 4 is 17.4 Å². The molecule has 0 saturated carbocycles. The lowest BCUT2D eigenvalue weighted by molar-refractivity contribution is -0.137. The molecule has 27 heavy (non-hydrogen) atoms. The van der Waals surface area contributed by atoms with Crippen molar-refractivity contribution in [3.8, 4) is 0 Å². The van der Waals surface area contributed by atoms with Crippen LogP contribution in [0.15, 0.2) is 9.59 Å². The number of H-pyrrole nitrogens is 1. The van der Waals surface area contributed by atoms with E-state index in [1.54, 1.807) is 5.32 Å². The zero-order valence-electron chi connectivity index (χ0n) is 15.7. The Kier molecular flexibility index (Phi) is 7.92. The number of anilines is 2. The minimum atomic E-state index is -4.54. The predicted octanol–water partition coefficient (Wildman–Crippen LogP) is 1.06. The summed E-state index contributed by atoms with van der Waals surface area (Å²) in [6, 6.07) is 0. The molecule has 0 fully saturated rings. The van der Waals surface area contributed by atoms with E-state index in [1.807, 2.05) is 20.8 Å². The molecule has 0 spiro atoms. The molecule has 0 aromatic carbocycles. The number of nitrogens with one attached hydrogen (secondary N) is 2. The monoisotopic (exact) mass is 393 g/mol. The molecule has 0 aliphatic rings. The molecule has 1 aromatic heterocycles. The van der Waals surface area contributed by atoms with Crippen LogP contribution < -0.4 is 27.2 Å². The molecule has 4 N–H and O–H groups in total. The van der Waals surface area contributed by atoms with Crippen LogP contribution in [0, 0.1) is 5.92 Å². The van der Waals surface area contributed by atoms with E-state index in [1.165, 1.54) is 9.47 Å². The number of hydrogen-bond acceptors (Lipinski definition) is 5. The van der Waals surface area contributed by atoms with E-state index < -0.39 is 36.4 Å². The van der Waals surface area contributed by atoms with Crippen molar-refractivity contribution in [3.63, 3.8) is 0 Å². The fourth-order valence-corrected chi connectivity index (χ4v) is 2.48. The number of alkyl halides is 3. The minimum absolute atomic E-state index is 0.0583. The summed E-state index contributed by atoms with van der Waals surface area (Å²) in [4.78, 5) is 39.7. The zero-order chi connectivity index (χ0) is 20.8. The number of amides is 1. The highest BCUT2D eigenvalue weighted by Gasteiger charge is 2.28. The second-order valence-corrected chi connectivity index (χ2v) is 6.66. The van der Waals surface area contributed by atoms with Crippen LogP contribution in [0.4, 0.5) is 24.7 Å². The number of carbonyl (C=O) groups is 1. The molecule has 8 nitrogen and oxygen atoms in total. The number of aromatic nitrogens is 2. The molecule has 0 aliphatic carbocycles. The summed E-state index contributed by atoms with van der Waals surface area (Å²) in [5, 5.41) is 1.77. The predicted molar refractivity (Wildman–Crippen MR) is 96.8 cm³/mol. The summed E-state index contributed by atoms with van der Waals surface area (Å²) in [5.74, 6) is -0.955. The Bertz CT molecular complexity index is 755. The minimum Gasteiger partial charge on any atom is -0.383 e. The van der Waals surface area contributed by atoms with Crippen molar-refractivity contribution in [3.05, 3.63) is 20.8 Å². The smallest absolute Gasteiger partial charge is 0.383 e. The Balaban J connectivity index is 3.21. The van der Waals surface area contributed by atoms with E-state index in [2.05, 4.69) is 4.98 Å². The second-order valence-electron chi connectivity index (χ2n) is 6.66. The molecule has 1 rings (SSSR count). The molecule has 1 heterocycles. The van der Waals surface area contributed by atoms with E-state index in [0.717, 1.165) is 6.42 Å². The topological polar surface area (TPSA) is 113 Å². The quantitative estimate of drug-likeness (QED) is 0.581. The summed E-state index contributed by atoms with van der Waals surface area (Å²) in [6.45, 7) is 4.12. The van der Waals surface area contributed by atoms with E-state index in [9.17, 15) is 27.6 Å². The van der Waals surface area contributed by atoms with E-state index >= 15 is 0 Å². The summed E-state index contributed by atoms with van der Waals surface area (Å²) in [5.41, 5.74) is 4.47. The van der Waals surface area contributed by atoms with Gasteiger partial charge in [-0.05, 0) is 12.3 Å². The van der Waals surface area contributed by atoms with Gasteiger partial charge in [-0.1, -0.05) is 27.2 Å². The van der Waals surface area contributed by atoms with Gasteiger partial charge in [0.15, 0.2) is 0 Å². The van der Waals surface area contributed by atoms with Crippen LogP contribution in [0.1, 0.15) is 33.6 Å². The largest absolute Gasteiger partial charge is 0.405 e. The maximum absolute atomic E-state index is 12.3. The van der Waals surface area contributed by atoms with Gasteiger partial charge in [-0.3, -0.25) is 19.1 Å². The summed E-state index contributed by atoms with van der Waals surface area (Å²) < 4.78 is 38.0. The van der Waals surface area contributed by atoms with Gasteiger partial charge in [-0.2, -0.15) is 13.2 Å². The third-order valence-corrected chi connectivity index (χ3v) is 3.68. The van der Waals surface area contributed by atoms with Crippen LogP contribution in [0.25, 0.3) is 0 Å². The van der Waals surface area contributed by atoms with Crippen LogP contribution in [0.3, 0.4) is 0 Å². The molecule has 0 radical (unpaired) electrons. The Morgan fingerprint density at radius 3 is 2.48 bits per heavy atom. The van der Waals surface area contributed by atoms with E-state index in [4.69, 9.17) is 5.73 Å². The normalized spacial score (nSPS) is 11.7. The number of hydrogen-bond donors (Lipinski definition) is 3. The van der Waals surface area contributed by atoms with Crippen LogP contribution in [-0.2, 0) is 11.3 Å². The van der Waals surface area contributed by atoms with Gasteiger partial charge in [0, 0.05) is 13.1 Å². The number of nitrogens with two attached hydrogens (primary N) is 1. The van der Waals surface area contributed by atoms with Gasteiger partial charge in [0.2, 0.25) is 5.91 Å². The summed E-state index contributed by atoms with van der Waals surface area (Å²) >= 11 is 0. The molecule has 154 valence electrons. The average Bonchev–Trinajstić information content (AvgIpc) is 2.53. The maximum Gasteiger partial charge on any atom is 0.405 e. The molecule has 0 saturated heterocycles. The maximum atomic E-state index is 12.3. The van der Waals surface area contributed by atoms with Gasteiger partial charge in [0.05, 0.1) is 6.54 Å². The Morgan fingerprint density at radius 2 is 1.96 bits per heavy atom. The van der Waals surface area contributed by atoms with Crippen LogP contribution in [-0.4, -0.2) is 41.3 Å². The second kappa shape index (κ2) is 9.47. The van der Waals surface area contributed by atoms with Gasteiger partial charge < -0.3 is 16.0 Å².